The first-order valence-electron chi connectivity index (χ1n) is 5.79. The van der Waals surface area contributed by atoms with Gasteiger partial charge in [0.1, 0.15) is 0 Å². The fourth-order valence-corrected chi connectivity index (χ4v) is 2.86. The molecule has 0 spiro atoms. The first kappa shape index (κ1) is 11.2. The van der Waals surface area contributed by atoms with E-state index in [0.29, 0.717) is 6.04 Å². The lowest BCUT2D eigenvalue weighted by Crippen LogP contribution is -2.29. The van der Waals surface area contributed by atoms with Crippen LogP contribution in [0.15, 0.2) is 35.6 Å². The lowest BCUT2D eigenvalue weighted by molar-refractivity contribution is 0.295. The second-order valence-electron chi connectivity index (χ2n) is 5.44. The van der Waals surface area contributed by atoms with E-state index >= 15 is 0 Å². The van der Waals surface area contributed by atoms with E-state index in [1.54, 1.807) is 0 Å². The third kappa shape index (κ3) is 1.84. The molecule has 0 aromatic carbocycles. The standard InChI is InChI=1S/C14H20N2/c1-10-8-11(2)13(14(4,5)9-10)16-7-6-12(3)15-16/h6-9,13H,1-5H3. The predicted molar refractivity (Wildman–Crippen MR) is 67.3 cm³/mol. The molecule has 0 N–H and O–H groups in total. The third-order valence-electron chi connectivity index (χ3n) is 3.20. The van der Waals surface area contributed by atoms with Crippen LogP contribution in [0.2, 0.25) is 0 Å². The van der Waals surface area contributed by atoms with Gasteiger partial charge in [0, 0.05) is 11.6 Å². The number of hydrogen-bond acceptors (Lipinski definition) is 1. The van der Waals surface area contributed by atoms with E-state index in [2.05, 4.69) is 61.9 Å². The summed E-state index contributed by atoms with van der Waals surface area (Å²) in [5, 5.41) is 4.55. The molecular formula is C14H20N2. The number of nitrogens with zero attached hydrogens (tertiary/aromatic N) is 2. The first-order valence-corrected chi connectivity index (χ1v) is 5.79. The van der Waals surface area contributed by atoms with Crippen LogP contribution in [0.3, 0.4) is 0 Å². The van der Waals surface area contributed by atoms with Crippen molar-refractivity contribution in [1.29, 1.82) is 0 Å². The zero-order valence-electron chi connectivity index (χ0n) is 10.8. The Hall–Kier alpha value is -1.31. The molecular weight excluding hydrogens is 196 g/mol. The van der Waals surface area contributed by atoms with Gasteiger partial charge in [0.15, 0.2) is 0 Å². The van der Waals surface area contributed by atoms with Crippen LogP contribution in [0.4, 0.5) is 0 Å². The molecule has 1 heterocycles. The van der Waals surface area contributed by atoms with Crippen molar-refractivity contribution in [2.45, 2.75) is 40.7 Å². The van der Waals surface area contributed by atoms with Crippen molar-refractivity contribution in [3.8, 4) is 0 Å². The summed E-state index contributed by atoms with van der Waals surface area (Å²) in [6.45, 7) is 10.9. The van der Waals surface area contributed by atoms with Gasteiger partial charge in [-0.15, -0.1) is 0 Å². The Kier molecular flexibility index (Phi) is 2.53. The van der Waals surface area contributed by atoms with Gasteiger partial charge in [-0.05, 0) is 32.4 Å². The van der Waals surface area contributed by atoms with E-state index in [1.165, 1.54) is 11.1 Å². The highest BCUT2D eigenvalue weighted by atomic mass is 15.3. The van der Waals surface area contributed by atoms with Crippen LogP contribution in [0.25, 0.3) is 0 Å². The van der Waals surface area contributed by atoms with Gasteiger partial charge in [0.05, 0.1) is 11.7 Å². The first-order chi connectivity index (χ1) is 7.40. The van der Waals surface area contributed by atoms with E-state index in [4.69, 9.17) is 0 Å². The molecule has 1 aliphatic carbocycles. The fourth-order valence-electron chi connectivity index (χ4n) is 2.86. The van der Waals surface area contributed by atoms with E-state index < -0.39 is 0 Å². The molecule has 0 aliphatic heterocycles. The minimum atomic E-state index is 0.126. The van der Waals surface area contributed by atoms with Gasteiger partial charge in [0.2, 0.25) is 0 Å². The van der Waals surface area contributed by atoms with Crippen molar-refractivity contribution in [2.75, 3.05) is 0 Å². The zero-order valence-corrected chi connectivity index (χ0v) is 10.8. The van der Waals surface area contributed by atoms with Crippen LogP contribution >= 0.6 is 0 Å². The summed E-state index contributed by atoms with van der Waals surface area (Å²) < 4.78 is 2.09. The molecule has 0 saturated heterocycles. The second kappa shape index (κ2) is 3.62. The Morgan fingerprint density at radius 2 is 1.94 bits per heavy atom. The van der Waals surface area contributed by atoms with E-state index in [-0.39, 0.29) is 5.41 Å². The van der Waals surface area contributed by atoms with E-state index in [9.17, 15) is 0 Å². The van der Waals surface area contributed by atoms with Crippen LogP contribution in [0, 0.1) is 12.3 Å². The quantitative estimate of drug-likeness (QED) is 0.700. The minimum Gasteiger partial charge on any atom is -0.264 e. The molecule has 2 rings (SSSR count). The van der Waals surface area contributed by atoms with Crippen molar-refractivity contribution < 1.29 is 0 Å². The van der Waals surface area contributed by atoms with Gasteiger partial charge in [-0.1, -0.05) is 31.6 Å². The topological polar surface area (TPSA) is 17.8 Å². The van der Waals surface area contributed by atoms with Crippen molar-refractivity contribution in [1.82, 2.24) is 9.78 Å². The number of hydrogen-bond donors (Lipinski definition) is 0. The van der Waals surface area contributed by atoms with Gasteiger partial charge in [-0.25, -0.2) is 0 Å². The number of allylic oxidation sites excluding steroid dienone is 4. The molecule has 86 valence electrons. The molecule has 2 heteroatoms. The molecule has 1 aromatic rings. The van der Waals surface area contributed by atoms with Gasteiger partial charge in [-0.2, -0.15) is 5.10 Å². The summed E-state index contributed by atoms with van der Waals surface area (Å²) >= 11 is 0. The van der Waals surface area contributed by atoms with E-state index in [0.717, 1.165) is 5.69 Å². The fraction of sp³-hybridized carbons (Fsp3) is 0.500. The molecule has 2 nitrogen and oxygen atoms in total. The summed E-state index contributed by atoms with van der Waals surface area (Å²) in [5.74, 6) is 0. The maximum atomic E-state index is 4.55. The number of aromatic nitrogens is 2. The monoisotopic (exact) mass is 216 g/mol. The van der Waals surface area contributed by atoms with Gasteiger partial charge in [0.25, 0.3) is 0 Å². The molecule has 1 aliphatic rings. The van der Waals surface area contributed by atoms with Crippen LogP contribution in [0.1, 0.15) is 39.4 Å². The lowest BCUT2D eigenvalue weighted by atomic mass is 9.75. The molecule has 1 aromatic heterocycles. The largest absolute Gasteiger partial charge is 0.264 e. The highest BCUT2D eigenvalue weighted by Gasteiger charge is 2.33. The Balaban J connectivity index is 2.45. The highest BCUT2D eigenvalue weighted by molar-refractivity contribution is 5.33. The summed E-state index contributed by atoms with van der Waals surface area (Å²) in [7, 11) is 0. The summed E-state index contributed by atoms with van der Waals surface area (Å²) in [6, 6.07) is 2.40. The van der Waals surface area contributed by atoms with Crippen molar-refractivity contribution >= 4 is 0 Å². The summed E-state index contributed by atoms with van der Waals surface area (Å²) in [4.78, 5) is 0. The van der Waals surface area contributed by atoms with E-state index in [1.807, 2.05) is 6.92 Å². The van der Waals surface area contributed by atoms with Crippen molar-refractivity contribution in [2.24, 2.45) is 5.41 Å². The Labute approximate surface area is 97.7 Å². The normalized spacial score (nSPS) is 23.9. The maximum absolute atomic E-state index is 4.55. The Morgan fingerprint density at radius 1 is 1.25 bits per heavy atom. The molecule has 1 atom stereocenters. The smallest absolute Gasteiger partial charge is 0.0814 e. The Bertz CT molecular complexity index is 461. The number of rotatable bonds is 1. The van der Waals surface area contributed by atoms with Gasteiger partial charge < -0.3 is 0 Å². The highest BCUT2D eigenvalue weighted by Crippen LogP contribution is 2.42. The van der Waals surface area contributed by atoms with Crippen LogP contribution in [-0.2, 0) is 0 Å². The molecule has 0 bridgehead atoms. The molecule has 0 fully saturated rings. The maximum Gasteiger partial charge on any atom is 0.0814 e. The average molecular weight is 216 g/mol. The Morgan fingerprint density at radius 3 is 2.44 bits per heavy atom. The van der Waals surface area contributed by atoms with Gasteiger partial charge >= 0.3 is 0 Å². The summed E-state index contributed by atoms with van der Waals surface area (Å²) in [6.07, 6.45) is 6.67. The minimum absolute atomic E-state index is 0.126. The SMILES string of the molecule is CC1=CC(C)(C)C(n2ccc(C)n2)C(C)=C1. The molecule has 0 amide bonds. The molecule has 0 radical (unpaired) electrons. The molecule has 0 saturated carbocycles. The number of aryl methyl sites for hydroxylation is 1. The van der Waals surface area contributed by atoms with Crippen LogP contribution < -0.4 is 0 Å². The van der Waals surface area contributed by atoms with Gasteiger partial charge in [-0.3, -0.25) is 4.68 Å². The lowest BCUT2D eigenvalue weighted by Gasteiger charge is -2.36. The van der Waals surface area contributed by atoms with Crippen molar-refractivity contribution in [3.05, 3.63) is 41.3 Å². The van der Waals surface area contributed by atoms with Crippen molar-refractivity contribution in [3.63, 3.8) is 0 Å². The third-order valence-corrected chi connectivity index (χ3v) is 3.20. The molecule has 16 heavy (non-hydrogen) atoms. The second-order valence-corrected chi connectivity index (χ2v) is 5.44. The zero-order chi connectivity index (χ0) is 11.9. The predicted octanol–water partition coefficient (Wildman–Crippen LogP) is 3.67. The van der Waals surface area contributed by atoms with Crippen LogP contribution in [-0.4, -0.2) is 9.78 Å². The molecule has 1 unspecified atom stereocenters. The average Bonchev–Trinajstić information content (AvgIpc) is 2.47. The van der Waals surface area contributed by atoms with Crippen LogP contribution in [0.5, 0.6) is 0 Å². The summed E-state index contributed by atoms with van der Waals surface area (Å²) in [5.41, 5.74) is 3.94.